The van der Waals surface area contributed by atoms with Gasteiger partial charge in [0.1, 0.15) is 0 Å². The van der Waals surface area contributed by atoms with Gasteiger partial charge in [-0.2, -0.15) is 4.98 Å². The third-order valence-electron chi connectivity index (χ3n) is 5.07. The molecule has 0 fully saturated rings. The van der Waals surface area contributed by atoms with E-state index in [9.17, 15) is 4.79 Å². The molecule has 3 aromatic rings. The van der Waals surface area contributed by atoms with Crippen LogP contribution in [0.25, 0.3) is 11.3 Å². The summed E-state index contributed by atoms with van der Waals surface area (Å²) in [6.07, 6.45) is -0.674. The highest BCUT2D eigenvalue weighted by Gasteiger charge is 2.34. The standard InChI is InChI=1S/C23H25N5O2S/c1-6-31-23-24-21-20(25-26-23)18-13-14(2)7-12-19(18)28(15(3)29)22(30-21)16-8-10-17(11-9-16)27(4)5/h7-13,22H,6H2,1-5H3/t22-/m0/s1. The zero-order valence-electron chi connectivity index (χ0n) is 18.3. The Morgan fingerprint density at radius 3 is 2.55 bits per heavy atom. The number of ether oxygens (including phenoxy) is 1. The molecule has 0 aliphatic carbocycles. The maximum atomic E-state index is 12.9. The highest BCUT2D eigenvalue weighted by molar-refractivity contribution is 7.99. The Kier molecular flexibility index (Phi) is 5.82. The Bertz CT molecular complexity index is 1120. The summed E-state index contributed by atoms with van der Waals surface area (Å²) in [6, 6.07) is 13.9. The van der Waals surface area contributed by atoms with Crippen molar-refractivity contribution in [3.8, 4) is 17.1 Å². The summed E-state index contributed by atoms with van der Waals surface area (Å²) in [5, 5.41) is 9.25. The lowest BCUT2D eigenvalue weighted by Crippen LogP contribution is -2.36. The number of hydrogen-bond donors (Lipinski definition) is 0. The molecular formula is C23H25N5O2S. The van der Waals surface area contributed by atoms with Gasteiger partial charge in [0.25, 0.3) is 0 Å². The van der Waals surface area contributed by atoms with Gasteiger partial charge in [0.05, 0.1) is 5.69 Å². The van der Waals surface area contributed by atoms with Gasteiger partial charge < -0.3 is 9.64 Å². The Morgan fingerprint density at radius 2 is 1.90 bits per heavy atom. The normalized spacial score (nSPS) is 14.9. The zero-order chi connectivity index (χ0) is 22.1. The number of anilines is 2. The maximum absolute atomic E-state index is 12.9. The van der Waals surface area contributed by atoms with E-state index < -0.39 is 6.23 Å². The number of amides is 1. The van der Waals surface area contributed by atoms with Crippen LogP contribution in [0.2, 0.25) is 0 Å². The van der Waals surface area contributed by atoms with Crippen LogP contribution in [0.1, 0.15) is 31.2 Å². The van der Waals surface area contributed by atoms with Crippen molar-refractivity contribution < 1.29 is 9.53 Å². The van der Waals surface area contributed by atoms with E-state index in [1.807, 2.05) is 75.3 Å². The first-order valence-corrected chi connectivity index (χ1v) is 11.1. The number of rotatable bonds is 4. The number of fused-ring (bicyclic) bond motifs is 3. The molecule has 4 rings (SSSR count). The minimum atomic E-state index is -0.674. The molecule has 0 bridgehead atoms. The number of carbonyl (C=O) groups excluding carboxylic acids is 1. The van der Waals surface area contributed by atoms with E-state index in [-0.39, 0.29) is 5.91 Å². The molecular weight excluding hydrogens is 410 g/mol. The number of aryl methyl sites for hydroxylation is 1. The molecule has 0 N–H and O–H groups in total. The van der Waals surface area contributed by atoms with Gasteiger partial charge in [-0.15, -0.1) is 10.2 Å². The van der Waals surface area contributed by atoms with Crippen molar-refractivity contribution >= 4 is 29.0 Å². The van der Waals surface area contributed by atoms with Crippen LogP contribution < -0.4 is 14.5 Å². The van der Waals surface area contributed by atoms with Crippen molar-refractivity contribution in [3.05, 3.63) is 53.6 Å². The van der Waals surface area contributed by atoms with Gasteiger partial charge in [0.2, 0.25) is 23.2 Å². The summed E-state index contributed by atoms with van der Waals surface area (Å²) in [7, 11) is 3.98. The average Bonchev–Trinajstić information content (AvgIpc) is 2.88. The Morgan fingerprint density at radius 1 is 1.16 bits per heavy atom. The number of hydrogen-bond acceptors (Lipinski definition) is 7. The van der Waals surface area contributed by atoms with Crippen LogP contribution >= 0.6 is 11.8 Å². The van der Waals surface area contributed by atoms with Crippen LogP contribution in [0.4, 0.5) is 11.4 Å². The molecule has 1 amide bonds. The highest BCUT2D eigenvalue weighted by atomic mass is 32.2. The zero-order valence-corrected chi connectivity index (χ0v) is 19.1. The number of nitrogens with zero attached hydrogens (tertiary/aromatic N) is 5. The predicted octanol–water partition coefficient (Wildman–Crippen LogP) is 4.47. The molecule has 0 radical (unpaired) electrons. The van der Waals surface area contributed by atoms with Crippen molar-refractivity contribution in [2.45, 2.75) is 32.2 Å². The topological polar surface area (TPSA) is 71.5 Å². The van der Waals surface area contributed by atoms with E-state index in [1.54, 1.807) is 11.8 Å². The SMILES string of the molecule is CCSc1nnc2c(n1)O[C@@H](c1ccc(N(C)C)cc1)N(C(C)=O)c1ccc(C)cc1-2. The van der Waals surface area contributed by atoms with E-state index >= 15 is 0 Å². The van der Waals surface area contributed by atoms with Crippen molar-refractivity contribution in [3.63, 3.8) is 0 Å². The number of carbonyl (C=O) groups is 1. The maximum Gasteiger partial charge on any atom is 0.247 e. The van der Waals surface area contributed by atoms with E-state index in [1.165, 1.54) is 11.8 Å². The molecule has 2 heterocycles. The summed E-state index contributed by atoms with van der Waals surface area (Å²) < 4.78 is 6.39. The van der Waals surface area contributed by atoms with E-state index in [4.69, 9.17) is 4.74 Å². The van der Waals surface area contributed by atoms with Gasteiger partial charge in [0.15, 0.2) is 5.69 Å². The van der Waals surface area contributed by atoms with Crippen LogP contribution in [0.3, 0.4) is 0 Å². The van der Waals surface area contributed by atoms with E-state index in [0.29, 0.717) is 16.7 Å². The molecule has 1 aliphatic heterocycles. The fourth-order valence-electron chi connectivity index (χ4n) is 3.56. The fraction of sp³-hybridized carbons (Fsp3) is 0.304. The Labute approximate surface area is 186 Å². The lowest BCUT2D eigenvalue weighted by molar-refractivity contribution is -0.118. The largest absolute Gasteiger partial charge is 0.447 e. The Balaban J connectivity index is 1.92. The molecule has 0 saturated carbocycles. The van der Waals surface area contributed by atoms with Crippen LogP contribution in [-0.2, 0) is 4.79 Å². The van der Waals surface area contributed by atoms with Gasteiger partial charge in [-0.05, 0) is 36.9 Å². The number of thioether (sulfide) groups is 1. The summed E-state index contributed by atoms with van der Waals surface area (Å²) in [4.78, 5) is 21.2. The smallest absolute Gasteiger partial charge is 0.247 e. The molecule has 0 spiro atoms. The second-order valence-corrected chi connectivity index (χ2v) is 8.78. The van der Waals surface area contributed by atoms with Gasteiger partial charge in [0, 0.05) is 37.8 Å². The molecule has 0 saturated heterocycles. The van der Waals surface area contributed by atoms with Crippen molar-refractivity contribution in [1.29, 1.82) is 0 Å². The minimum Gasteiger partial charge on any atom is -0.447 e. The van der Waals surface area contributed by atoms with Crippen LogP contribution in [0.15, 0.2) is 47.6 Å². The first kappa shape index (κ1) is 21.1. The minimum absolute atomic E-state index is 0.129. The van der Waals surface area contributed by atoms with Crippen molar-refractivity contribution in [2.24, 2.45) is 0 Å². The van der Waals surface area contributed by atoms with E-state index in [0.717, 1.165) is 33.8 Å². The first-order chi connectivity index (χ1) is 14.9. The lowest BCUT2D eigenvalue weighted by atomic mass is 10.0. The van der Waals surface area contributed by atoms with Crippen LogP contribution in [0.5, 0.6) is 5.88 Å². The van der Waals surface area contributed by atoms with Crippen LogP contribution in [-0.4, -0.2) is 40.9 Å². The number of aromatic nitrogens is 3. The first-order valence-electron chi connectivity index (χ1n) is 10.1. The second kappa shape index (κ2) is 8.55. The van der Waals surface area contributed by atoms with Crippen molar-refractivity contribution in [2.75, 3.05) is 29.6 Å². The second-order valence-electron chi connectivity index (χ2n) is 7.55. The molecule has 1 atom stereocenters. The highest BCUT2D eigenvalue weighted by Crippen LogP contribution is 2.43. The number of benzene rings is 2. The third kappa shape index (κ3) is 4.07. The van der Waals surface area contributed by atoms with Gasteiger partial charge in [-0.1, -0.05) is 42.4 Å². The fourth-order valence-corrected chi connectivity index (χ4v) is 4.07. The molecule has 160 valence electrons. The summed E-state index contributed by atoms with van der Waals surface area (Å²) >= 11 is 1.50. The summed E-state index contributed by atoms with van der Waals surface area (Å²) in [5.74, 6) is 1.07. The van der Waals surface area contributed by atoms with Gasteiger partial charge >= 0.3 is 0 Å². The molecule has 8 heteroatoms. The molecule has 1 aliphatic rings. The van der Waals surface area contributed by atoms with Gasteiger partial charge in [-0.25, -0.2) is 0 Å². The molecule has 31 heavy (non-hydrogen) atoms. The van der Waals surface area contributed by atoms with E-state index in [2.05, 4.69) is 15.2 Å². The van der Waals surface area contributed by atoms with Crippen LogP contribution in [0, 0.1) is 6.92 Å². The quantitative estimate of drug-likeness (QED) is 0.560. The van der Waals surface area contributed by atoms with Gasteiger partial charge in [-0.3, -0.25) is 9.69 Å². The molecule has 0 unspecified atom stereocenters. The molecule has 2 aromatic carbocycles. The monoisotopic (exact) mass is 435 g/mol. The summed E-state index contributed by atoms with van der Waals surface area (Å²) in [6.45, 7) is 5.58. The third-order valence-corrected chi connectivity index (χ3v) is 5.79. The molecule has 1 aromatic heterocycles. The van der Waals surface area contributed by atoms with Crippen molar-refractivity contribution in [1.82, 2.24) is 15.2 Å². The molecule has 7 nitrogen and oxygen atoms in total. The Hall–Kier alpha value is -3.13. The average molecular weight is 436 g/mol. The lowest BCUT2D eigenvalue weighted by Gasteiger charge is -2.30. The summed E-state index contributed by atoms with van der Waals surface area (Å²) in [5.41, 5.74) is 5.02. The predicted molar refractivity (Wildman–Crippen MR) is 124 cm³/mol.